The summed E-state index contributed by atoms with van der Waals surface area (Å²) in [5.74, 6) is -0.968. The number of hydrogen-bond acceptors (Lipinski definition) is 4. The topological polar surface area (TPSA) is 50.8 Å². The molecule has 0 amide bonds. The minimum Gasteiger partial charge on any atom is -0.872 e. The smallest absolute Gasteiger partial charge is 0.261 e. The van der Waals surface area contributed by atoms with Gasteiger partial charge in [0.25, 0.3) is 5.79 Å². The van der Waals surface area contributed by atoms with Crippen molar-refractivity contribution in [1.82, 2.24) is 0 Å². The highest BCUT2D eigenvalue weighted by Gasteiger charge is 2.83. The van der Waals surface area contributed by atoms with Crippen LogP contribution in [0.1, 0.15) is 45.6 Å². The lowest BCUT2D eigenvalue weighted by molar-refractivity contribution is -0.630. The van der Waals surface area contributed by atoms with E-state index in [4.69, 9.17) is 14.5 Å². The average molecular weight is 289 g/mol. The van der Waals surface area contributed by atoms with Gasteiger partial charge in [0.2, 0.25) is 0 Å². The maximum atomic E-state index is 11.8. The molecule has 3 atom stereocenters. The number of rotatable bonds is 1. The summed E-state index contributed by atoms with van der Waals surface area (Å²) in [6.45, 7) is 7.26. The Hall–Kier alpha value is -1.10. The number of benzene rings is 1. The van der Waals surface area contributed by atoms with Gasteiger partial charge in [-0.2, -0.15) is 4.89 Å². The molecule has 1 saturated carbocycles. The highest BCUT2D eigenvalue weighted by molar-refractivity contribution is 5.37. The Morgan fingerprint density at radius 2 is 1.90 bits per heavy atom. The fraction of sp³-hybridized carbons (Fsp3) is 0.647. The van der Waals surface area contributed by atoms with E-state index in [2.05, 4.69) is 20.8 Å². The molecule has 1 aromatic rings. The van der Waals surface area contributed by atoms with Crippen molar-refractivity contribution in [3.05, 3.63) is 29.8 Å². The van der Waals surface area contributed by atoms with Gasteiger partial charge in [0.15, 0.2) is 5.60 Å². The van der Waals surface area contributed by atoms with Crippen molar-refractivity contribution in [2.45, 2.75) is 51.4 Å². The van der Waals surface area contributed by atoms with E-state index in [9.17, 15) is 5.11 Å². The van der Waals surface area contributed by atoms with Crippen LogP contribution in [0.2, 0.25) is 0 Å². The molecule has 3 fully saturated rings. The Morgan fingerprint density at radius 3 is 2.57 bits per heavy atom. The second kappa shape index (κ2) is 3.80. The fourth-order valence-electron chi connectivity index (χ4n) is 4.94. The fourth-order valence-corrected chi connectivity index (χ4v) is 4.94. The second-order valence-corrected chi connectivity index (χ2v) is 7.58. The molecule has 4 nitrogen and oxygen atoms in total. The SMILES string of the molecule is CC1(C)CCC[C@@]2(C)CO[C@@]3(c4cccc([O-])c4)OO[C@@]123. The minimum absolute atomic E-state index is 0.0293. The van der Waals surface area contributed by atoms with E-state index in [1.165, 1.54) is 0 Å². The number of hydrogen-bond donors (Lipinski definition) is 0. The molecule has 21 heavy (non-hydrogen) atoms. The molecule has 0 bridgehead atoms. The van der Waals surface area contributed by atoms with E-state index in [0.29, 0.717) is 6.61 Å². The Labute approximate surface area is 124 Å². The first-order valence-corrected chi connectivity index (χ1v) is 7.65. The molecule has 2 saturated heterocycles. The zero-order valence-electron chi connectivity index (χ0n) is 12.8. The van der Waals surface area contributed by atoms with Crippen LogP contribution >= 0.6 is 0 Å². The van der Waals surface area contributed by atoms with Crippen molar-refractivity contribution in [2.75, 3.05) is 6.61 Å². The van der Waals surface area contributed by atoms with Crippen LogP contribution in [0, 0.1) is 10.8 Å². The minimum atomic E-state index is -0.938. The van der Waals surface area contributed by atoms with Gasteiger partial charge in [0, 0.05) is 16.4 Å². The zero-order chi connectivity index (χ0) is 14.9. The van der Waals surface area contributed by atoms with Crippen LogP contribution in [0.5, 0.6) is 5.75 Å². The quantitative estimate of drug-likeness (QED) is 0.746. The van der Waals surface area contributed by atoms with Gasteiger partial charge in [0.1, 0.15) is 0 Å². The maximum absolute atomic E-state index is 11.8. The third kappa shape index (κ3) is 1.32. The van der Waals surface area contributed by atoms with Crippen molar-refractivity contribution < 1.29 is 19.6 Å². The van der Waals surface area contributed by atoms with Gasteiger partial charge in [-0.15, -0.1) is 5.75 Å². The third-order valence-electron chi connectivity index (χ3n) is 5.89. The largest absolute Gasteiger partial charge is 0.872 e. The van der Waals surface area contributed by atoms with Crippen LogP contribution in [0.3, 0.4) is 0 Å². The van der Waals surface area contributed by atoms with E-state index in [1.54, 1.807) is 18.2 Å². The Balaban J connectivity index is 1.91. The first-order valence-electron chi connectivity index (χ1n) is 7.65. The molecule has 1 aliphatic carbocycles. The highest BCUT2D eigenvalue weighted by atomic mass is 17.3. The van der Waals surface area contributed by atoms with Crippen molar-refractivity contribution in [3.8, 4) is 5.75 Å². The molecule has 0 aromatic heterocycles. The predicted molar refractivity (Wildman–Crippen MR) is 74.2 cm³/mol. The van der Waals surface area contributed by atoms with Gasteiger partial charge >= 0.3 is 0 Å². The van der Waals surface area contributed by atoms with Crippen LogP contribution in [0.25, 0.3) is 0 Å². The van der Waals surface area contributed by atoms with E-state index in [0.717, 1.165) is 24.8 Å². The lowest BCUT2D eigenvalue weighted by Gasteiger charge is -2.64. The van der Waals surface area contributed by atoms with Gasteiger partial charge in [0.05, 0.1) is 6.61 Å². The normalized spacial score (nSPS) is 43.8. The molecule has 4 rings (SSSR count). The summed E-state index contributed by atoms with van der Waals surface area (Å²) in [6, 6.07) is 6.83. The second-order valence-electron chi connectivity index (χ2n) is 7.58. The van der Waals surface area contributed by atoms with E-state index in [1.807, 2.05) is 6.07 Å². The summed E-state index contributed by atoms with van der Waals surface area (Å²) in [6.07, 6.45) is 3.28. The van der Waals surface area contributed by atoms with Gasteiger partial charge in [-0.1, -0.05) is 51.5 Å². The Morgan fingerprint density at radius 1 is 1.10 bits per heavy atom. The van der Waals surface area contributed by atoms with E-state index >= 15 is 0 Å². The monoisotopic (exact) mass is 289 g/mol. The average Bonchev–Trinajstić information content (AvgIpc) is 2.55. The lowest BCUT2D eigenvalue weighted by Crippen LogP contribution is -2.75. The standard InChI is InChI=1S/C17H22O4/c1-14(2)8-5-9-15(3)11-19-16(17(14,15)21-20-16)12-6-4-7-13(18)10-12/h4,6-7,10,18H,5,8-9,11H2,1-3H3/p-1/t15-,16-,17-/m0/s1. The highest BCUT2D eigenvalue weighted by Crippen LogP contribution is 2.73. The molecule has 4 heteroatoms. The zero-order valence-corrected chi connectivity index (χ0v) is 12.8. The summed E-state index contributed by atoms with van der Waals surface area (Å²) >= 11 is 0. The molecular weight excluding hydrogens is 268 g/mol. The van der Waals surface area contributed by atoms with Gasteiger partial charge in [-0.05, 0) is 12.8 Å². The molecule has 3 aliphatic rings. The Bertz CT molecular complexity index is 598. The van der Waals surface area contributed by atoms with Crippen LogP contribution < -0.4 is 5.11 Å². The molecule has 0 unspecified atom stereocenters. The molecule has 1 aromatic carbocycles. The van der Waals surface area contributed by atoms with E-state index in [-0.39, 0.29) is 16.6 Å². The third-order valence-corrected chi connectivity index (χ3v) is 5.89. The molecular formula is C17H21O4-. The summed E-state index contributed by atoms with van der Waals surface area (Å²) in [4.78, 5) is 11.4. The summed E-state index contributed by atoms with van der Waals surface area (Å²) in [7, 11) is 0. The van der Waals surface area contributed by atoms with Crippen LogP contribution in [-0.4, -0.2) is 12.2 Å². The first kappa shape index (κ1) is 13.6. The summed E-state index contributed by atoms with van der Waals surface area (Å²) < 4.78 is 6.17. The molecule has 1 spiro atoms. The summed E-state index contributed by atoms with van der Waals surface area (Å²) in [5, 5.41) is 11.8. The number of ether oxygens (including phenoxy) is 1. The van der Waals surface area contributed by atoms with Crippen LogP contribution in [0.4, 0.5) is 0 Å². The van der Waals surface area contributed by atoms with Crippen molar-refractivity contribution in [3.63, 3.8) is 0 Å². The molecule has 0 N–H and O–H groups in total. The van der Waals surface area contributed by atoms with Crippen molar-refractivity contribution in [2.24, 2.45) is 10.8 Å². The molecule has 2 aliphatic heterocycles. The first-order chi connectivity index (χ1) is 9.87. The van der Waals surface area contributed by atoms with E-state index < -0.39 is 11.4 Å². The van der Waals surface area contributed by atoms with Gasteiger partial charge in [-0.25, -0.2) is 4.89 Å². The van der Waals surface area contributed by atoms with Crippen molar-refractivity contribution >= 4 is 0 Å². The molecule has 2 heterocycles. The molecule has 114 valence electrons. The maximum Gasteiger partial charge on any atom is 0.261 e. The Kier molecular flexibility index (Phi) is 2.46. The van der Waals surface area contributed by atoms with Gasteiger partial charge < -0.3 is 9.84 Å². The molecule has 0 radical (unpaired) electrons. The van der Waals surface area contributed by atoms with Crippen LogP contribution in [-0.2, 0) is 20.3 Å². The summed E-state index contributed by atoms with van der Waals surface area (Å²) in [5.41, 5.74) is 0.0819. The lowest BCUT2D eigenvalue weighted by atomic mass is 9.50. The van der Waals surface area contributed by atoms with Gasteiger partial charge in [-0.3, -0.25) is 0 Å². The van der Waals surface area contributed by atoms with Crippen LogP contribution in [0.15, 0.2) is 24.3 Å². The van der Waals surface area contributed by atoms with Crippen molar-refractivity contribution in [1.29, 1.82) is 0 Å². The predicted octanol–water partition coefficient (Wildman–Crippen LogP) is 2.86.